The van der Waals surface area contributed by atoms with Gasteiger partial charge in [0.1, 0.15) is 11.6 Å². The standard InChI is InChI=1S/C16H15ClFNO2/c1-11(21-14-8-6-13(18)7-9-14)16(20)19-10-12-4-2-3-5-15(12)17/h2-9,11H,10H2,1H3,(H,19,20)/t11-/m0/s1. The molecule has 110 valence electrons. The summed E-state index contributed by atoms with van der Waals surface area (Å²) in [7, 11) is 0. The smallest absolute Gasteiger partial charge is 0.261 e. The zero-order chi connectivity index (χ0) is 15.2. The molecule has 1 N–H and O–H groups in total. The highest BCUT2D eigenvalue weighted by Crippen LogP contribution is 2.15. The van der Waals surface area contributed by atoms with Crippen LogP contribution in [0.1, 0.15) is 12.5 Å². The van der Waals surface area contributed by atoms with Gasteiger partial charge in [0.2, 0.25) is 0 Å². The first kappa shape index (κ1) is 15.3. The second-order valence-corrected chi connectivity index (χ2v) is 4.93. The van der Waals surface area contributed by atoms with Gasteiger partial charge in [-0.3, -0.25) is 4.79 Å². The predicted molar refractivity (Wildman–Crippen MR) is 79.8 cm³/mol. The Morgan fingerprint density at radius 3 is 2.57 bits per heavy atom. The molecular weight excluding hydrogens is 293 g/mol. The van der Waals surface area contributed by atoms with E-state index < -0.39 is 6.10 Å². The van der Waals surface area contributed by atoms with Crippen LogP contribution in [0.25, 0.3) is 0 Å². The first-order chi connectivity index (χ1) is 10.1. The number of ether oxygens (including phenoxy) is 1. The van der Waals surface area contributed by atoms with Gasteiger partial charge in [-0.15, -0.1) is 0 Å². The van der Waals surface area contributed by atoms with Crippen LogP contribution in [0.4, 0.5) is 4.39 Å². The third-order valence-corrected chi connectivity index (χ3v) is 3.28. The molecule has 0 bridgehead atoms. The van der Waals surface area contributed by atoms with Crippen LogP contribution in [0.3, 0.4) is 0 Å². The van der Waals surface area contributed by atoms with E-state index in [0.29, 0.717) is 17.3 Å². The number of hydrogen-bond donors (Lipinski definition) is 1. The highest BCUT2D eigenvalue weighted by atomic mass is 35.5. The summed E-state index contributed by atoms with van der Waals surface area (Å²) in [5.74, 6) is -0.172. The fraction of sp³-hybridized carbons (Fsp3) is 0.188. The monoisotopic (exact) mass is 307 g/mol. The summed E-state index contributed by atoms with van der Waals surface area (Å²) in [6.45, 7) is 1.96. The van der Waals surface area contributed by atoms with E-state index in [1.54, 1.807) is 13.0 Å². The Kier molecular flexibility index (Phi) is 5.17. The average Bonchev–Trinajstić information content (AvgIpc) is 2.48. The molecule has 0 saturated heterocycles. The largest absolute Gasteiger partial charge is 0.481 e. The van der Waals surface area contributed by atoms with Gasteiger partial charge in [-0.05, 0) is 42.8 Å². The molecule has 0 unspecified atom stereocenters. The molecule has 2 rings (SSSR count). The molecule has 5 heteroatoms. The van der Waals surface area contributed by atoms with Gasteiger partial charge >= 0.3 is 0 Å². The zero-order valence-corrected chi connectivity index (χ0v) is 12.2. The van der Waals surface area contributed by atoms with Crippen molar-refractivity contribution in [2.24, 2.45) is 0 Å². The molecule has 0 radical (unpaired) electrons. The molecule has 0 heterocycles. The number of carbonyl (C=O) groups excluding carboxylic acids is 1. The number of amides is 1. The second kappa shape index (κ2) is 7.09. The van der Waals surface area contributed by atoms with Gasteiger partial charge in [-0.2, -0.15) is 0 Å². The molecule has 2 aromatic rings. The Hall–Kier alpha value is -2.07. The summed E-state index contributed by atoms with van der Waals surface area (Å²) in [4.78, 5) is 11.9. The number of halogens is 2. The van der Waals surface area contributed by atoms with Crippen LogP contribution in [-0.4, -0.2) is 12.0 Å². The van der Waals surface area contributed by atoms with Crippen molar-refractivity contribution in [3.8, 4) is 5.75 Å². The molecule has 0 aliphatic carbocycles. The van der Waals surface area contributed by atoms with Crippen LogP contribution in [0.15, 0.2) is 48.5 Å². The number of nitrogens with one attached hydrogen (secondary N) is 1. The predicted octanol–water partition coefficient (Wildman–Crippen LogP) is 3.56. The van der Waals surface area contributed by atoms with Gasteiger partial charge < -0.3 is 10.1 Å². The molecule has 0 aliphatic rings. The molecule has 3 nitrogen and oxygen atoms in total. The molecule has 1 amide bonds. The van der Waals surface area contributed by atoms with E-state index >= 15 is 0 Å². The first-order valence-electron chi connectivity index (χ1n) is 6.49. The van der Waals surface area contributed by atoms with Crippen LogP contribution in [0.2, 0.25) is 5.02 Å². The highest BCUT2D eigenvalue weighted by molar-refractivity contribution is 6.31. The van der Waals surface area contributed by atoms with Gasteiger partial charge in [-0.25, -0.2) is 4.39 Å². The van der Waals surface area contributed by atoms with Crippen molar-refractivity contribution in [2.45, 2.75) is 19.6 Å². The third kappa shape index (κ3) is 4.46. The summed E-state index contributed by atoms with van der Waals surface area (Å²) >= 11 is 6.01. The quantitative estimate of drug-likeness (QED) is 0.917. The molecule has 0 spiro atoms. The van der Waals surface area contributed by atoms with E-state index in [1.807, 2.05) is 18.2 Å². The second-order valence-electron chi connectivity index (χ2n) is 4.52. The Labute approximate surface area is 127 Å². The minimum atomic E-state index is -0.682. The van der Waals surface area contributed by atoms with Crippen molar-refractivity contribution in [1.29, 1.82) is 0 Å². The molecule has 0 aromatic heterocycles. The Morgan fingerprint density at radius 2 is 1.90 bits per heavy atom. The molecule has 0 aliphatic heterocycles. The zero-order valence-electron chi connectivity index (χ0n) is 11.5. The van der Waals surface area contributed by atoms with E-state index in [4.69, 9.17) is 16.3 Å². The first-order valence-corrected chi connectivity index (χ1v) is 6.87. The number of carbonyl (C=O) groups is 1. The topological polar surface area (TPSA) is 38.3 Å². The maximum absolute atomic E-state index is 12.8. The van der Waals surface area contributed by atoms with Crippen molar-refractivity contribution in [2.75, 3.05) is 0 Å². The Morgan fingerprint density at radius 1 is 1.24 bits per heavy atom. The van der Waals surface area contributed by atoms with Crippen LogP contribution in [0.5, 0.6) is 5.75 Å². The van der Waals surface area contributed by atoms with Crippen molar-refractivity contribution in [1.82, 2.24) is 5.32 Å². The minimum Gasteiger partial charge on any atom is -0.481 e. The normalized spacial score (nSPS) is 11.8. The fourth-order valence-corrected chi connectivity index (χ4v) is 1.94. The summed E-state index contributed by atoms with van der Waals surface area (Å²) in [6, 6.07) is 12.8. The van der Waals surface area contributed by atoms with Crippen LogP contribution >= 0.6 is 11.6 Å². The van der Waals surface area contributed by atoms with E-state index in [-0.39, 0.29) is 11.7 Å². The van der Waals surface area contributed by atoms with E-state index in [2.05, 4.69) is 5.32 Å². The maximum atomic E-state index is 12.8. The lowest BCUT2D eigenvalue weighted by Gasteiger charge is -2.15. The van der Waals surface area contributed by atoms with Gasteiger partial charge in [-0.1, -0.05) is 29.8 Å². The fourth-order valence-electron chi connectivity index (χ4n) is 1.74. The van der Waals surface area contributed by atoms with Crippen LogP contribution < -0.4 is 10.1 Å². The number of benzene rings is 2. The van der Waals surface area contributed by atoms with Crippen molar-refractivity contribution < 1.29 is 13.9 Å². The summed E-state index contributed by atoms with van der Waals surface area (Å²) in [5, 5.41) is 3.35. The molecule has 0 fully saturated rings. The van der Waals surface area contributed by atoms with Crippen LogP contribution in [0, 0.1) is 5.82 Å². The summed E-state index contributed by atoms with van der Waals surface area (Å²) in [5.41, 5.74) is 0.835. The van der Waals surface area contributed by atoms with Crippen molar-refractivity contribution in [3.63, 3.8) is 0 Å². The van der Waals surface area contributed by atoms with Gasteiger partial charge in [0.05, 0.1) is 0 Å². The van der Waals surface area contributed by atoms with E-state index in [9.17, 15) is 9.18 Å². The molecular formula is C16H15ClFNO2. The Bertz CT molecular complexity index is 616. The van der Waals surface area contributed by atoms with Crippen molar-refractivity contribution >= 4 is 17.5 Å². The van der Waals surface area contributed by atoms with Gasteiger partial charge in [0, 0.05) is 11.6 Å². The summed E-state index contributed by atoms with van der Waals surface area (Å²) < 4.78 is 18.2. The molecule has 1 atom stereocenters. The molecule has 0 saturated carbocycles. The summed E-state index contributed by atoms with van der Waals surface area (Å²) in [6.07, 6.45) is -0.682. The number of rotatable bonds is 5. The van der Waals surface area contributed by atoms with E-state index in [1.165, 1.54) is 24.3 Å². The molecule has 21 heavy (non-hydrogen) atoms. The number of hydrogen-bond acceptors (Lipinski definition) is 2. The SMILES string of the molecule is C[C@H](Oc1ccc(F)cc1)C(=O)NCc1ccccc1Cl. The minimum absolute atomic E-state index is 0.265. The lowest BCUT2D eigenvalue weighted by atomic mass is 10.2. The lowest BCUT2D eigenvalue weighted by Crippen LogP contribution is -2.35. The Balaban J connectivity index is 1.88. The van der Waals surface area contributed by atoms with Crippen LogP contribution in [-0.2, 0) is 11.3 Å². The third-order valence-electron chi connectivity index (χ3n) is 2.91. The molecule has 2 aromatic carbocycles. The average molecular weight is 308 g/mol. The maximum Gasteiger partial charge on any atom is 0.261 e. The van der Waals surface area contributed by atoms with Gasteiger partial charge in [0.15, 0.2) is 6.10 Å². The van der Waals surface area contributed by atoms with Crippen molar-refractivity contribution in [3.05, 3.63) is 64.9 Å². The lowest BCUT2D eigenvalue weighted by molar-refractivity contribution is -0.127. The van der Waals surface area contributed by atoms with E-state index in [0.717, 1.165) is 5.56 Å². The van der Waals surface area contributed by atoms with Gasteiger partial charge in [0.25, 0.3) is 5.91 Å². The highest BCUT2D eigenvalue weighted by Gasteiger charge is 2.14.